The fraction of sp³-hybridized carbons (Fsp3) is 0.0833. The Morgan fingerprint density at radius 1 is 1.19 bits per heavy atom. The Bertz CT molecular complexity index is 483. The van der Waals surface area contributed by atoms with Crippen molar-refractivity contribution in [2.75, 3.05) is 5.73 Å². The van der Waals surface area contributed by atoms with Crippen LogP contribution in [0.5, 0.6) is 5.75 Å². The third-order valence-corrected chi connectivity index (χ3v) is 2.21. The summed E-state index contributed by atoms with van der Waals surface area (Å²) in [5, 5.41) is 9.69. The lowest BCUT2D eigenvalue weighted by molar-refractivity contribution is 0.477. The molecule has 16 heavy (non-hydrogen) atoms. The first-order valence-corrected chi connectivity index (χ1v) is 4.68. The minimum absolute atomic E-state index is 0. The molecule has 0 aliphatic rings. The second-order valence-corrected chi connectivity index (χ2v) is 3.50. The lowest BCUT2D eigenvalue weighted by Gasteiger charge is -2.04. The number of nitrogens with zero attached hydrogens (tertiary/aromatic N) is 1. The van der Waals surface area contributed by atoms with Crippen molar-refractivity contribution in [1.82, 2.24) is 4.98 Å². The van der Waals surface area contributed by atoms with Crippen molar-refractivity contribution in [2.45, 2.75) is 6.92 Å². The summed E-state index contributed by atoms with van der Waals surface area (Å²) in [5.41, 5.74) is 8.63. The highest BCUT2D eigenvalue weighted by atomic mass is 35.5. The van der Waals surface area contributed by atoms with Gasteiger partial charge in [0, 0.05) is 23.5 Å². The lowest BCUT2D eigenvalue weighted by atomic mass is 10.1. The average molecular weight is 237 g/mol. The number of nitrogens with two attached hydrogens (primary N) is 1. The van der Waals surface area contributed by atoms with Crippen molar-refractivity contribution >= 4 is 18.1 Å². The number of pyridine rings is 1. The Kier molecular flexibility index (Phi) is 3.74. The number of phenolic OH excluding ortho intramolecular Hbond substituents is 1. The van der Waals surface area contributed by atoms with Gasteiger partial charge in [-0.05, 0) is 30.7 Å². The molecular weight excluding hydrogens is 224 g/mol. The third-order valence-electron chi connectivity index (χ3n) is 2.21. The Balaban J connectivity index is 0.00000128. The predicted molar refractivity (Wildman–Crippen MR) is 67.7 cm³/mol. The van der Waals surface area contributed by atoms with Crippen LogP contribution in [0, 0.1) is 6.92 Å². The maximum absolute atomic E-state index is 9.69. The molecule has 2 aromatic rings. The van der Waals surface area contributed by atoms with Gasteiger partial charge in [-0.1, -0.05) is 6.07 Å². The van der Waals surface area contributed by atoms with E-state index in [0.717, 1.165) is 11.3 Å². The molecule has 0 unspecified atom stereocenters. The molecule has 1 aromatic carbocycles. The van der Waals surface area contributed by atoms with Gasteiger partial charge < -0.3 is 10.8 Å². The summed E-state index contributed by atoms with van der Waals surface area (Å²) < 4.78 is 0. The number of halogens is 1. The first kappa shape index (κ1) is 12.3. The van der Waals surface area contributed by atoms with Crippen LogP contribution in [0.15, 0.2) is 36.5 Å². The maximum Gasteiger partial charge on any atom is 0.127 e. The smallest absolute Gasteiger partial charge is 0.127 e. The fourth-order valence-corrected chi connectivity index (χ4v) is 1.39. The van der Waals surface area contributed by atoms with Crippen molar-refractivity contribution in [2.24, 2.45) is 0 Å². The van der Waals surface area contributed by atoms with Gasteiger partial charge in [-0.15, -0.1) is 12.4 Å². The second kappa shape index (κ2) is 4.86. The molecule has 0 bridgehead atoms. The number of aromatic nitrogens is 1. The Labute approximate surface area is 100 Å². The van der Waals surface area contributed by atoms with E-state index >= 15 is 0 Å². The largest absolute Gasteiger partial charge is 0.507 e. The van der Waals surface area contributed by atoms with Gasteiger partial charge in [0.1, 0.15) is 5.75 Å². The Hall–Kier alpha value is -1.74. The van der Waals surface area contributed by atoms with E-state index in [2.05, 4.69) is 4.98 Å². The van der Waals surface area contributed by atoms with Crippen molar-refractivity contribution in [1.29, 1.82) is 0 Å². The molecule has 0 amide bonds. The second-order valence-electron chi connectivity index (χ2n) is 3.50. The normalized spacial score (nSPS) is 9.56. The van der Waals surface area contributed by atoms with Crippen LogP contribution >= 0.6 is 12.4 Å². The first-order chi connectivity index (χ1) is 7.16. The van der Waals surface area contributed by atoms with E-state index < -0.39 is 0 Å². The van der Waals surface area contributed by atoms with E-state index in [1.807, 2.05) is 19.1 Å². The predicted octanol–water partition coefficient (Wildman–Crippen LogP) is 2.77. The van der Waals surface area contributed by atoms with Gasteiger partial charge in [0.25, 0.3) is 0 Å². The van der Waals surface area contributed by atoms with Crippen LogP contribution in [0.2, 0.25) is 0 Å². The van der Waals surface area contributed by atoms with Crippen LogP contribution in [0.1, 0.15) is 5.56 Å². The third kappa shape index (κ3) is 2.44. The maximum atomic E-state index is 9.69. The molecule has 1 heterocycles. The summed E-state index contributed by atoms with van der Waals surface area (Å²) in [7, 11) is 0. The quantitative estimate of drug-likeness (QED) is 0.749. The molecule has 2 rings (SSSR count). The molecule has 0 radical (unpaired) electrons. The number of anilines is 1. The Morgan fingerprint density at radius 2 is 1.94 bits per heavy atom. The molecule has 1 aromatic heterocycles. The van der Waals surface area contributed by atoms with Gasteiger partial charge in [0.05, 0.1) is 5.69 Å². The summed E-state index contributed by atoms with van der Waals surface area (Å²) in [4.78, 5) is 4.24. The van der Waals surface area contributed by atoms with Crippen molar-refractivity contribution < 1.29 is 5.11 Å². The number of benzene rings is 1. The summed E-state index contributed by atoms with van der Waals surface area (Å²) in [6.07, 6.45) is 1.77. The van der Waals surface area contributed by atoms with Gasteiger partial charge in [0.2, 0.25) is 0 Å². The van der Waals surface area contributed by atoms with E-state index in [4.69, 9.17) is 5.73 Å². The summed E-state index contributed by atoms with van der Waals surface area (Å²) in [6.45, 7) is 1.97. The number of phenols is 1. The average Bonchev–Trinajstić information content (AvgIpc) is 2.20. The van der Waals surface area contributed by atoms with Crippen LogP contribution < -0.4 is 5.73 Å². The van der Waals surface area contributed by atoms with E-state index in [1.54, 1.807) is 18.3 Å². The Morgan fingerprint density at radius 3 is 2.50 bits per heavy atom. The summed E-state index contributed by atoms with van der Waals surface area (Å²) in [6, 6.07) is 8.87. The van der Waals surface area contributed by atoms with Gasteiger partial charge in [0.15, 0.2) is 0 Å². The molecule has 0 aliphatic carbocycles. The van der Waals surface area contributed by atoms with E-state index in [1.165, 1.54) is 6.07 Å². The van der Waals surface area contributed by atoms with Gasteiger partial charge in [-0.3, -0.25) is 4.98 Å². The molecule has 0 saturated carbocycles. The zero-order valence-corrected chi connectivity index (χ0v) is 9.66. The number of rotatable bonds is 1. The number of aryl methyl sites for hydroxylation is 1. The molecule has 3 N–H and O–H groups in total. The van der Waals surface area contributed by atoms with Crippen molar-refractivity contribution in [3.8, 4) is 17.0 Å². The van der Waals surface area contributed by atoms with E-state index in [9.17, 15) is 5.11 Å². The van der Waals surface area contributed by atoms with Gasteiger partial charge in [-0.2, -0.15) is 0 Å². The van der Waals surface area contributed by atoms with Crippen molar-refractivity contribution in [3.05, 3.63) is 42.1 Å². The van der Waals surface area contributed by atoms with Crippen LogP contribution in [-0.4, -0.2) is 10.1 Å². The van der Waals surface area contributed by atoms with E-state index in [-0.39, 0.29) is 18.2 Å². The van der Waals surface area contributed by atoms with E-state index in [0.29, 0.717) is 11.3 Å². The number of nitrogen functional groups attached to an aromatic ring is 1. The summed E-state index contributed by atoms with van der Waals surface area (Å²) >= 11 is 0. The van der Waals surface area contributed by atoms with Gasteiger partial charge in [-0.25, -0.2) is 0 Å². The SMILES string of the molecule is Cc1ccc(-c2ccc(N)cc2O)nc1.Cl. The molecule has 0 aliphatic heterocycles. The molecule has 4 heteroatoms. The molecule has 0 fully saturated rings. The zero-order valence-electron chi connectivity index (χ0n) is 8.84. The van der Waals surface area contributed by atoms with Crippen LogP contribution in [0.4, 0.5) is 5.69 Å². The highest BCUT2D eigenvalue weighted by Gasteiger charge is 2.04. The number of hydrogen-bond donors (Lipinski definition) is 2. The topological polar surface area (TPSA) is 59.1 Å². The molecular formula is C12H13ClN2O. The van der Waals surface area contributed by atoms with Crippen LogP contribution in [0.25, 0.3) is 11.3 Å². The monoisotopic (exact) mass is 236 g/mol. The minimum Gasteiger partial charge on any atom is -0.507 e. The highest BCUT2D eigenvalue weighted by Crippen LogP contribution is 2.29. The van der Waals surface area contributed by atoms with Gasteiger partial charge >= 0.3 is 0 Å². The first-order valence-electron chi connectivity index (χ1n) is 4.68. The number of hydrogen-bond acceptors (Lipinski definition) is 3. The molecule has 84 valence electrons. The van der Waals surface area contributed by atoms with Crippen molar-refractivity contribution in [3.63, 3.8) is 0 Å². The molecule has 3 nitrogen and oxygen atoms in total. The molecule has 0 spiro atoms. The molecule has 0 atom stereocenters. The lowest BCUT2D eigenvalue weighted by Crippen LogP contribution is -1.88. The molecule has 0 saturated heterocycles. The van der Waals surface area contributed by atoms with Crippen LogP contribution in [-0.2, 0) is 0 Å². The standard InChI is InChI=1S/C12H12N2O.ClH/c1-8-2-5-11(14-7-8)10-4-3-9(13)6-12(10)15;/h2-7,15H,13H2,1H3;1H. The zero-order chi connectivity index (χ0) is 10.8. The fourth-order valence-electron chi connectivity index (χ4n) is 1.39. The minimum atomic E-state index is 0. The number of aromatic hydroxyl groups is 1. The van der Waals surface area contributed by atoms with Crippen LogP contribution in [0.3, 0.4) is 0 Å². The highest BCUT2D eigenvalue weighted by molar-refractivity contribution is 5.85. The summed E-state index contributed by atoms with van der Waals surface area (Å²) in [5.74, 6) is 0.159.